The molecule has 1 amide bonds. The molecular weight excluding hydrogens is 332 g/mol. The molecule has 26 heavy (non-hydrogen) atoms. The number of hydrogen-bond acceptors (Lipinski definition) is 6. The van der Waals surface area contributed by atoms with Crippen molar-refractivity contribution in [3.63, 3.8) is 0 Å². The zero-order valence-corrected chi connectivity index (χ0v) is 15.6. The Labute approximate surface area is 153 Å². The first-order chi connectivity index (χ1) is 12.4. The Bertz CT molecular complexity index is 716. The van der Waals surface area contributed by atoms with Crippen LogP contribution in [0.3, 0.4) is 0 Å². The summed E-state index contributed by atoms with van der Waals surface area (Å²) in [6.45, 7) is 7.16. The number of aromatic nitrogens is 3. The van der Waals surface area contributed by atoms with Gasteiger partial charge >= 0.3 is 6.09 Å². The molecule has 0 radical (unpaired) electrons. The third kappa shape index (κ3) is 5.03. The van der Waals surface area contributed by atoms with Crippen LogP contribution in [0.25, 0.3) is 11.4 Å². The van der Waals surface area contributed by atoms with Gasteiger partial charge in [0.2, 0.25) is 11.7 Å². The molecule has 0 aliphatic carbocycles. The van der Waals surface area contributed by atoms with Crippen LogP contribution in [0.4, 0.5) is 4.79 Å². The third-order valence-corrected chi connectivity index (χ3v) is 4.44. The molecule has 0 unspecified atom stereocenters. The second-order valence-electron chi connectivity index (χ2n) is 7.70. The van der Waals surface area contributed by atoms with E-state index in [0.29, 0.717) is 17.6 Å². The Morgan fingerprint density at radius 3 is 2.62 bits per heavy atom. The number of piperidine rings is 1. The summed E-state index contributed by atoms with van der Waals surface area (Å²) < 4.78 is 10.8. The molecule has 140 valence electrons. The van der Waals surface area contributed by atoms with Crippen molar-refractivity contribution in [2.75, 3.05) is 13.1 Å². The second kappa shape index (κ2) is 7.85. The number of rotatable bonds is 4. The number of ether oxygens (including phenoxy) is 1. The van der Waals surface area contributed by atoms with E-state index >= 15 is 0 Å². The largest absolute Gasteiger partial charge is 0.444 e. The predicted octanol–water partition coefficient (Wildman–Crippen LogP) is 3.71. The smallest absolute Gasteiger partial charge is 0.410 e. The van der Waals surface area contributed by atoms with Crippen molar-refractivity contribution in [1.29, 1.82) is 0 Å². The zero-order chi connectivity index (χ0) is 18.6. The number of amides is 1. The lowest BCUT2D eigenvalue weighted by Crippen LogP contribution is -2.41. The molecule has 1 aliphatic rings. The quantitative estimate of drug-likeness (QED) is 0.829. The van der Waals surface area contributed by atoms with Crippen molar-refractivity contribution in [3.05, 3.63) is 30.4 Å². The second-order valence-corrected chi connectivity index (χ2v) is 7.70. The highest BCUT2D eigenvalue weighted by atomic mass is 16.6. The molecule has 0 atom stereocenters. The fraction of sp³-hybridized carbons (Fsp3) is 0.579. The van der Waals surface area contributed by atoms with Gasteiger partial charge in [0.05, 0.1) is 0 Å². The fourth-order valence-electron chi connectivity index (χ4n) is 3.03. The normalized spacial score (nSPS) is 15.9. The SMILES string of the molecule is CC(C)(C)OC(=O)N1CCC(CCc2nc(-c3ccncc3)no2)CC1. The van der Waals surface area contributed by atoms with Crippen LogP contribution < -0.4 is 0 Å². The van der Waals surface area contributed by atoms with E-state index in [4.69, 9.17) is 9.26 Å². The van der Waals surface area contributed by atoms with Gasteiger partial charge in [-0.1, -0.05) is 5.16 Å². The topological polar surface area (TPSA) is 81.4 Å². The van der Waals surface area contributed by atoms with Crippen LogP contribution in [0.5, 0.6) is 0 Å². The van der Waals surface area contributed by atoms with E-state index in [-0.39, 0.29) is 6.09 Å². The van der Waals surface area contributed by atoms with Gasteiger partial charge in [-0.2, -0.15) is 4.98 Å². The highest BCUT2D eigenvalue weighted by molar-refractivity contribution is 5.68. The Balaban J connectivity index is 1.44. The minimum Gasteiger partial charge on any atom is -0.444 e. The van der Waals surface area contributed by atoms with E-state index in [1.54, 1.807) is 17.3 Å². The number of likely N-dealkylation sites (tertiary alicyclic amines) is 1. The number of aryl methyl sites for hydroxylation is 1. The van der Waals surface area contributed by atoms with E-state index in [1.807, 2.05) is 32.9 Å². The van der Waals surface area contributed by atoms with Crippen LogP contribution in [0, 0.1) is 5.92 Å². The van der Waals surface area contributed by atoms with Crippen LogP contribution in [0.1, 0.15) is 45.9 Å². The van der Waals surface area contributed by atoms with E-state index in [1.165, 1.54) is 0 Å². The number of carbonyl (C=O) groups is 1. The molecule has 7 heteroatoms. The van der Waals surface area contributed by atoms with Crippen LogP contribution in [0.2, 0.25) is 0 Å². The maximum absolute atomic E-state index is 12.1. The van der Waals surface area contributed by atoms with E-state index in [9.17, 15) is 4.79 Å². The summed E-state index contributed by atoms with van der Waals surface area (Å²) in [7, 11) is 0. The van der Waals surface area contributed by atoms with Crippen LogP contribution in [-0.4, -0.2) is 44.8 Å². The third-order valence-electron chi connectivity index (χ3n) is 4.44. The first kappa shape index (κ1) is 18.4. The molecule has 3 heterocycles. The van der Waals surface area contributed by atoms with Gasteiger partial charge in [0.1, 0.15) is 5.60 Å². The van der Waals surface area contributed by atoms with Gasteiger partial charge in [-0.15, -0.1) is 0 Å². The van der Waals surface area contributed by atoms with Crippen molar-refractivity contribution in [2.45, 2.75) is 52.1 Å². The number of pyridine rings is 1. The molecule has 2 aromatic heterocycles. The predicted molar refractivity (Wildman–Crippen MR) is 96.4 cm³/mol. The van der Waals surface area contributed by atoms with Gasteiger partial charge in [-0.05, 0) is 58.1 Å². The molecule has 0 spiro atoms. The van der Waals surface area contributed by atoms with Crippen LogP contribution in [0.15, 0.2) is 29.0 Å². The zero-order valence-electron chi connectivity index (χ0n) is 15.6. The van der Waals surface area contributed by atoms with Gasteiger partial charge in [-0.3, -0.25) is 4.98 Å². The van der Waals surface area contributed by atoms with Gasteiger partial charge in [0, 0.05) is 37.5 Å². The Morgan fingerprint density at radius 1 is 1.27 bits per heavy atom. The first-order valence-corrected chi connectivity index (χ1v) is 9.11. The highest BCUT2D eigenvalue weighted by Crippen LogP contribution is 2.24. The van der Waals surface area contributed by atoms with E-state index in [0.717, 1.165) is 44.3 Å². The van der Waals surface area contributed by atoms with E-state index in [2.05, 4.69) is 15.1 Å². The Hall–Kier alpha value is -2.44. The Kier molecular flexibility index (Phi) is 5.54. The highest BCUT2D eigenvalue weighted by Gasteiger charge is 2.27. The lowest BCUT2D eigenvalue weighted by atomic mass is 9.92. The Morgan fingerprint density at radius 2 is 1.96 bits per heavy atom. The van der Waals surface area contributed by atoms with Gasteiger partial charge < -0.3 is 14.2 Å². The molecule has 0 bridgehead atoms. The standard InChI is InChI=1S/C19H26N4O3/c1-19(2,3)25-18(24)23-12-8-14(9-13-23)4-5-16-21-17(22-26-16)15-6-10-20-11-7-15/h6-7,10-11,14H,4-5,8-9,12-13H2,1-3H3. The molecular formula is C19H26N4O3. The average molecular weight is 358 g/mol. The van der Waals surface area contributed by atoms with Crippen molar-refractivity contribution >= 4 is 6.09 Å². The van der Waals surface area contributed by atoms with Gasteiger partial charge in [0.25, 0.3) is 0 Å². The summed E-state index contributed by atoms with van der Waals surface area (Å²) >= 11 is 0. The fourth-order valence-corrected chi connectivity index (χ4v) is 3.03. The minimum absolute atomic E-state index is 0.213. The lowest BCUT2D eigenvalue weighted by Gasteiger charge is -2.33. The van der Waals surface area contributed by atoms with Crippen molar-refractivity contribution < 1.29 is 14.1 Å². The molecule has 7 nitrogen and oxygen atoms in total. The summed E-state index contributed by atoms with van der Waals surface area (Å²) in [6, 6.07) is 3.72. The van der Waals surface area contributed by atoms with E-state index < -0.39 is 5.60 Å². The average Bonchev–Trinajstić information content (AvgIpc) is 3.09. The molecule has 1 aliphatic heterocycles. The van der Waals surface area contributed by atoms with Crippen LogP contribution in [-0.2, 0) is 11.2 Å². The maximum Gasteiger partial charge on any atom is 0.410 e. The molecule has 3 rings (SSSR count). The molecule has 0 saturated carbocycles. The van der Waals surface area contributed by atoms with Crippen LogP contribution >= 0.6 is 0 Å². The molecule has 2 aromatic rings. The molecule has 0 N–H and O–H groups in total. The summed E-state index contributed by atoms with van der Waals surface area (Å²) in [5, 5.41) is 4.04. The summed E-state index contributed by atoms with van der Waals surface area (Å²) in [5.74, 6) is 1.82. The van der Waals surface area contributed by atoms with Crippen molar-refractivity contribution in [3.8, 4) is 11.4 Å². The summed E-state index contributed by atoms with van der Waals surface area (Å²) in [6.07, 6.45) is 6.91. The summed E-state index contributed by atoms with van der Waals surface area (Å²) in [5.41, 5.74) is 0.457. The minimum atomic E-state index is -0.446. The molecule has 1 saturated heterocycles. The van der Waals surface area contributed by atoms with Gasteiger partial charge in [-0.25, -0.2) is 4.79 Å². The molecule has 0 aromatic carbocycles. The monoisotopic (exact) mass is 358 g/mol. The van der Waals surface area contributed by atoms with Crippen molar-refractivity contribution in [2.24, 2.45) is 5.92 Å². The first-order valence-electron chi connectivity index (χ1n) is 9.11. The molecule has 1 fully saturated rings. The van der Waals surface area contributed by atoms with Gasteiger partial charge in [0.15, 0.2) is 0 Å². The van der Waals surface area contributed by atoms with Crippen molar-refractivity contribution in [1.82, 2.24) is 20.0 Å². The lowest BCUT2D eigenvalue weighted by molar-refractivity contribution is 0.0180. The maximum atomic E-state index is 12.1. The number of hydrogen-bond donors (Lipinski definition) is 0. The summed E-state index contributed by atoms with van der Waals surface area (Å²) in [4.78, 5) is 22.4. The number of carbonyl (C=O) groups excluding carboxylic acids is 1. The number of nitrogens with zero attached hydrogens (tertiary/aromatic N) is 4.